The number of aliphatic hydroxyl groups is 1. The van der Waals surface area contributed by atoms with E-state index in [0.717, 1.165) is 11.0 Å². The molecule has 0 bridgehead atoms. The Morgan fingerprint density at radius 3 is 3.00 bits per heavy atom. The second kappa shape index (κ2) is 3.75. The van der Waals surface area contributed by atoms with E-state index in [4.69, 9.17) is 0 Å². The second-order valence-electron chi connectivity index (χ2n) is 4.54. The first-order valence-corrected chi connectivity index (χ1v) is 5.22. The lowest BCUT2D eigenvalue weighted by Crippen LogP contribution is -2.25. The average Bonchev–Trinajstić information content (AvgIpc) is 2.49. The van der Waals surface area contributed by atoms with Gasteiger partial charge in [0.1, 0.15) is 0 Å². The topological polar surface area (TPSA) is 70.9 Å². The third-order valence-electron chi connectivity index (χ3n) is 2.52. The van der Waals surface area contributed by atoms with Gasteiger partial charge in [-0.25, -0.2) is 4.79 Å². The predicted molar refractivity (Wildman–Crippen MR) is 61.3 cm³/mol. The number of aromatic nitrogens is 3. The van der Waals surface area contributed by atoms with Crippen LogP contribution in [-0.2, 0) is 6.54 Å². The standard InChI is InChI=1S/C11H15N3O2/c1-11(2,16)4-6-14-9-3-5-12-7-8(9)13-10(14)15/h3,5,7,16H,4,6H2,1-2H3,(H,13,15). The van der Waals surface area contributed by atoms with Crippen LogP contribution in [0.2, 0.25) is 0 Å². The Kier molecular flexibility index (Phi) is 2.55. The number of hydrogen-bond donors (Lipinski definition) is 2. The van der Waals surface area contributed by atoms with E-state index in [1.165, 1.54) is 0 Å². The van der Waals surface area contributed by atoms with Crippen LogP contribution in [-0.4, -0.2) is 25.2 Å². The zero-order chi connectivity index (χ0) is 11.8. The second-order valence-corrected chi connectivity index (χ2v) is 4.54. The number of aromatic amines is 1. The average molecular weight is 221 g/mol. The maximum atomic E-state index is 11.7. The lowest BCUT2D eigenvalue weighted by molar-refractivity contribution is 0.0663. The van der Waals surface area contributed by atoms with Crippen LogP contribution in [0.1, 0.15) is 20.3 Å². The van der Waals surface area contributed by atoms with Crippen LogP contribution < -0.4 is 5.69 Å². The molecule has 16 heavy (non-hydrogen) atoms. The third kappa shape index (κ3) is 2.14. The molecule has 0 fully saturated rings. The van der Waals surface area contributed by atoms with Crippen LogP contribution in [0, 0.1) is 0 Å². The van der Waals surface area contributed by atoms with E-state index in [9.17, 15) is 9.90 Å². The van der Waals surface area contributed by atoms with Gasteiger partial charge in [0.05, 0.1) is 22.8 Å². The fourth-order valence-electron chi connectivity index (χ4n) is 1.62. The van der Waals surface area contributed by atoms with Gasteiger partial charge in [0.2, 0.25) is 0 Å². The molecule has 5 nitrogen and oxygen atoms in total. The summed E-state index contributed by atoms with van der Waals surface area (Å²) in [6.07, 6.45) is 3.80. The number of nitrogens with one attached hydrogen (secondary N) is 1. The van der Waals surface area contributed by atoms with Gasteiger partial charge in [0.15, 0.2) is 0 Å². The first-order valence-electron chi connectivity index (χ1n) is 5.22. The van der Waals surface area contributed by atoms with E-state index in [1.54, 1.807) is 36.9 Å². The molecule has 0 aliphatic rings. The summed E-state index contributed by atoms with van der Waals surface area (Å²) < 4.78 is 1.62. The van der Waals surface area contributed by atoms with E-state index in [1.807, 2.05) is 0 Å². The van der Waals surface area contributed by atoms with Crippen molar-refractivity contribution in [3.8, 4) is 0 Å². The first-order chi connectivity index (χ1) is 7.47. The number of nitrogens with zero attached hydrogens (tertiary/aromatic N) is 2. The number of hydrogen-bond acceptors (Lipinski definition) is 3. The number of rotatable bonds is 3. The Morgan fingerprint density at radius 1 is 1.56 bits per heavy atom. The normalized spacial score (nSPS) is 12.2. The van der Waals surface area contributed by atoms with Gasteiger partial charge in [-0.05, 0) is 26.3 Å². The molecule has 0 saturated carbocycles. The maximum Gasteiger partial charge on any atom is 0.326 e. The molecule has 5 heteroatoms. The van der Waals surface area contributed by atoms with Gasteiger partial charge >= 0.3 is 5.69 Å². The van der Waals surface area contributed by atoms with E-state index in [-0.39, 0.29) is 5.69 Å². The van der Waals surface area contributed by atoms with E-state index < -0.39 is 5.60 Å². The number of H-pyrrole nitrogens is 1. The van der Waals surface area contributed by atoms with Crippen molar-refractivity contribution in [1.82, 2.24) is 14.5 Å². The molecule has 2 N–H and O–H groups in total. The van der Waals surface area contributed by atoms with Crippen LogP contribution in [0.4, 0.5) is 0 Å². The van der Waals surface area contributed by atoms with Crippen molar-refractivity contribution in [1.29, 1.82) is 0 Å². The molecule has 2 aromatic rings. The minimum absolute atomic E-state index is 0.160. The van der Waals surface area contributed by atoms with Crippen LogP contribution in [0.5, 0.6) is 0 Å². The van der Waals surface area contributed by atoms with Gasteiger partial charge in [0.25, 0.3) is 0 Å². The van der Waals surface area contributed by atoms with Gasteiger partial charge in [-0.2, -0.15) is 0 Å². The Hall–Kier alpha value is -1.62. The summed E-state index contributed by atoms with van der Waals surface area (Å²) in [5, 5.41) is 9.64. The molecule has 0 unspecified atom stereocenters. The highest BCUT2D eigenvalue weighted by Crippen LogP contribution is 2.12. The van der Waals surface area contributed by atoms with Crippen molar-refractivity contribution in [3.63, 3.8) is 0 Å². The van der Waals surface area contributed by atoms with Crippen molar-refractivity contribution in [2.45, 2.75) is 32.4 Å². The zero-order valence-electron chi connectivity index (χ0n) is 9.40. The summed E-state index contributed by atoms with van der Waals surface area (Å²) in [5.74, 6) is 0. The van der Waals surface area contributed by atoms with Gasteiger partial charge in [0, 0.05) is 12.7 Å². The van der Waals surface area contributed by atoms with E-state index >= 15 is 0 Å². The van der Waals surface area contributed by atoms with E-state index in [0.29, 0.717) is 13.0 Å². The van der Waals surface area contributed by atoms with Gasteiger partial charge in [-0.3, -0.25) is 9.55 Å². The van der Waals surface area contributed by atoms with Crippen LogP contribution in [0.25, 0.3) is 11.0 Å². The molecule has 2 heterocycles. The van der Waals surface area contributed by atoms with Crippen LogP contribution in [0.15, 0.2) is 23.3 Å². The summed E-state index contributed by atoms with van der Waals surface area (Å²) in [7, 11) is 0. The molecule has 2 aromatic heterocycles. The van der Waals surface area contributed by atoms with Gasteiger partial charge in [-0.1, -0.05) is 0 Å². The molecule has 0 saturated heterocycles. The largest absolute Gasteiger partial charge is 0.390 e. The summed E-state index contributed by atoms with van der Waals surface area (Å²) >= 11 is 0. The Labute approximate surface area is 92.8 Å². The molecule has 2 rings (SSSR count). The van der Waals surface area contributed by atoms with Crippen LogP contribution >= 0.6 is 0 Å². The minimum atomic E-state index is -0.768. The molecule has 0 amide bonds. The van der Waals surface area contributed by atoms with Crippen LogP contribution in [0.3, 0.4) is 0 Å². The highest BCUT2D eigenvalue weighted by Gasteiger charge is 2.14. The summed E-state index contributed by atoms with van der Waals surface area (Å²) in [4.78, 5) is 18.3. The predicted octanol–water partition coefficient (Wildman–Crippen LogP) is 0.886. The summed E-state index contributed by atoms with van der Waals surface area (Å²) in [5.41, 5.74) is 0.621. The SMILES string of the molecule is CC(C)(O)CCn1c(=O)[nH]c2cnccc21. The molecular formula is C11H15N3O2. The van der Waals surface area contributed by atoms with Gasteiger partial charge in [-0.15, -0.1) is 0 Å². The Morgan fingerprint density at radius 2 is 2.31 bits per heavy atom. The monoisotopic (exact) mass is 221 g/mol. The highest BCUT2D eigenvalue weighted by molar-refractivity contribution is 5.73. The minimum Gasteiger partial charge on any atom is -0.390 e. The number of pyridine rings is 1. The highest BCUT2D eigenvalue weighted by atomic mass is 16.3. The quantitative estimate of drug-likeness (QED) is 0.808. The lowest BCUT2D eigenvalue weighted by atomic mass is 10.1. The van der Waals surface area contributed by atoms with Gasteiger partial charge < -0.3 is 10.1 Å². The summed E-state index contributed by atoms with van der Waals surface area (Å²) in [6, 6.07) is 1.79. The van der Waals surface area contributed by atoms with Crippen molar-refractivity contribution < 1.29 is 5.11 Å². The Balaban J connectivity index is 2.37. The molecule has 0 aliphatic heterocycles. The number of fused-ring (bicyclic) bond motifs is 1. The number of aryl methyl sites for hydroxylation is 1. The fourth-order valence-corrected chi connectivity index (χ4v) is 1.62. The molecule has 0 spiro atoms. The molecule has 0 atom stereocenters. The van der Waals surface area contributed by atoms with E-state index in [2.05, 4.69) is 9.97 Å². The molecule has 86 valence electrons. The van der Waals surface area contributed by atoms with Crippen molar-refractivity contribution in [2.24, 2.45) is 0 Å². The van der Waals surface area contributed by atoms with Crippen molar-refractivity contribution >= 4 is 11.0 Å². The Bertz CT molecular complexity index is 548. The summed E-state index contributed by atoms with van der Waals surface area (Å²) in [6.45, 7) is 3.95. The first kappa shape index (κ1) is 10.9. The zero-order valence-corrected chi connectivity index (χ0v) is 9.40. The molecule has 0 radical (unpaired) electrons. The maximum absolute atomic E-state index is 11.7. The lowest BCUT2D eigenvalue weighted by Gasteiger charge is -2.16. The molecule has 0 aliphatic carbocycles. The molecular weight excluding hydrogens is 206 g/mol. The molecule has 0 aromatic carbocycles. The van der Waals surface area contributed by atoms with Crippen molar-refractivity contribution in [2.75, 3.05) is 0 Å². The van der Waals surface area contributed by atoms with Crippen molar-refractivity contribution in [3.05, 3.63) is 28.9 Å². The third-order valence-corrected chi connectivity index (χ3v) is 2.52. The fraction of sp³-hybridized carbons (Fsp3) is 0.455. The number of imidazole rings is 1. The smallest absolute Gasteiger partial charge is 0.326 e.